The van der Waals surface area contributed by atoms with Gasteiger partial charge in [0.15, 0.2) is 5.78 Å². The lowest BCUT2D eigenvalue weighted by Gasteiger charge is -2.10. The van der Waals surface area contributed by atoms with Crippen LogP contribution in [0.15, 0.2) is 40.9 Å². The second kappa shape index (κ2) is 6.28. The predicted octanol–water partition coefficient (Wildman–Crippen LogP) is 3.54. The maximum absolute atomic E-state index is 12.5. The summed E-state index contributed by atoms with van der Waals surface area (Å²) in [6, 6.07) is 9.71. The number of carboxylic acid groups (broad SMARTS) is 1. The summed E-state index contributed by atoms with van der Waals surface area (Å²) in [5.74, 6) is -1.33. The number of carbonyl (C=O) groups is 2. The normalized spacial score (nSPS) is 10.4. The van der Waals surface area contributed by atoms with Gasteiger partial charge in [0.25, 0.3) is 0 Å². The molecule has 21 heavy (non-hydrogen) atoms. The van der Waals surface area contributed by atoms with Crippen LogP contribution in [0.3, 0.4) is 0 Å². The summed E-state index contributed by atoms with van der Waals surface area (Å²) >= 11 is 9.25. The van der Waals surface area contributed by atoms with Gasteiger partial charge >= 0.3 is 5.97 Å². The molecule has 0 saturated carbocycles. The molecule has 0 amide bonds. The zero-order valence-electron chi connectivity index (χ0n) is 10.8. The van der Waals surface area contributed by atoms with Crippen LogP contribution in [0.1, 0.15) is 21.5 Å². The Kier molecular flexibility index (Phi) is 4.65. The Bertz CT molecular complexity index is 714. The summed E-state index contributed by atoms with van der Waals surface area (Å²) in [7, 11) is 0. The molecular weight excluding hydrogens is 358 g/mol. The van der Waals surface area contributed by atoms with E-state index in [4.69, 9.17) is 22.4 Å². The van der Waals surface area contributed by atoms with Gasteiger partial charge in [-0.25, -0.2) is 0 Å². The summed E-state index contributed by atoms with van der Waals surface area (Å²) in [4.78, 5) is 23.3. The van der Waals surface area contributed by atoms with E-state index in [2.05, 4.69) is 15.9 Å². The third-order valence-corrected chi connectivity index (χ3v) is 3.67. The highest BCUT2D eigenvalue weighted by Gasteiger charge is 2.17. The Morgan fingerprint density at radius 1 is 1.19 bits per heavy atom. The van der Waals surface area contributed by atoms with Gasteiger partial charge in [-0.2, -0.15) is 0 Å². The minimum absolute atomic E-state index is 0.148. The molecule has 0 radical (unpaired) electrons. The SMILES string of the molecule is Nc1c(CC(=O)O)cc(Cl)cc1C(=O)c1ccc(Br)cc1. The number of carbonyl (C=O) groups excluding carboxylic acids is 1. The lowest BCUT2D eigenvalue weighted by Crippen LogP contribution is -2.10. The number of ketones is 1. The van der Waals surface area contributed by atoms with Crippen LogP contribution in [0.2, 0.25) is 5.02 Å². The zero-order valence-corrected chi connectivity index (χ0v) is 13.1. The molecule has 2 aromatic rings. The number of rotatable bonds is 4. The van der Waals surface area contributed by atoms with E-state index in [1.165, 1.54) is 12.1 Å². The number of benzene rings is 2. The van der Waals surface area contributed by atoms with Crippen LogP contribution in [0.4, 0.5) is 5.69 Å². The number of aliphatic carboxylic acids is 1. The summed E-state index contributed by atoms with van der Waals surface area (Å²) < 4.78 is 0.852. The number of hydrogen-bond donors (Lipinski definition) is 2. The molecule has 0 aliphatic carbocycles. The largest absolute Gasteiger partial charge is 0.481 e. The summed E-state index contributed by atoms with van der Waals surface area (Å²) in [5.41, 5.74) is 7.06. The van der Waals surface area contributed by atoms with Crippen LogP contribution in [0.5, 0.6) is 0 Å². The molecule has 0 aromatic heterocycles. The third kappa shape index (κ3) is 3.62. The van der Waals surface area contributed by atoms with Gasteiger partial charge in [0, 0.05) is 26.3 Å². The monoisotopic (exact) mass is 367 g/mol. The highest BCUT2D eigenvalue weighted by Crippen LogP contribution is 2.26. The van der Waals surface area contributed by atoms with E-state index >= 15 is 0 Å². The maximum atomic E-state index is 12.5. The summed E-state index contributed by atoms with van der Waals surface area (Å²) in [5, 5.41) is 9.15. The van der Waals surface area contributed by atoms with Gasteiger partial charge in [0.05, 0.1) is 6.42 Å². The molecule has 0 fully saturated rings. The standard InChI is InChI=1S/C15H11BrClNO3/c16-10-3-1-8(2-4-10)15(21)12-7-11(17)5-9(14(12)18)6-13(19)20/h1-5,7H,6,18H2,(H,19,20). The van der Waals surface area contributed by atoms with Crippen LogP contribution < -0.4 is 5.73 Å². The Hall–Kier alpha value is -1.85. The van der Waals surface area contributed by atoms with Crippen molar-refractivity contribution in [3.63, 3.8) is 0 Å². The first-order valence-corrected chi connectivity index (χ1v) is 7.15. The first-order valence-electron chi connectivity index (χ1n) is 5.98. The van der Waals surface area contributed by atoms with Crippen LogP contribution in [-0.2, 0) is 11.2 Å². The van der Waals surface area contributed by atoms with Crippen molar-refractivity contribution in [1.82, 2.24) is 0 Å². The minimum atomic E-state index is -1.04. The highest BCUT2D eigenvalue weighted by atomic mass is 79.9. The van der Waals surface area contributed by atoms with Crippen molar-refractivity contribution >= 4 is 45.0 Å². The molecule has 3 N–H and O–H groups in total. The average molecular weight is 369 g/mol. The number of carboxylic acids is 1. The average Bonchev–Trinajstić information content (AvgIpc) is 2.42. The maximum Gasteiger partial charge on any atom is 0.307 e. The molecule has 2 aromatic carbocycles. The molecule has 0 unspecified atom stereocenters. The van der Waals surface area contributed by atoms with Crippen LogP contribution >= 0.6 is 27.5 Å². The molecule has 4 nitrogen and oxygen atoms in total. The van der Waals surface area contributed by atoms with E-state index in [-0.39, 0.29) is 28.5 Å². The van der Waals surface area contributed by atoms with Gasteiger partial charge < -0.3 is 10.8 Å². The highest BCUT2D eigenvalue weighted by molar-refractivity contribution is 9.10. The zero-order chi connectivity index (χ0) is 15.6. The van der Waals surface area contributed by atoms with Crippen molar-refractivity contribution in [2.75, 3.05) is 5.73 Å². The van der Waals surface area contributed by atoms with E-state index in [9.17, 15) is 9.59 Å². The van der Waals surface area contributed by atoms with Gasteiger partial charge in [-0.05, 0) is 42.0 Å². The lowest BCUT2D eigenvalue weighted by molar-refractivity contribution is -0.136. The number of halogens is 2. The quantitative estimate of drug-likeness (QED) is 0.639. The van der Waals surface area contributed by atoms with Crippen LogP contribution in [0, 0.1) is 0 Å². The number of nitrogen functional groups attached to an aromatic ring is 1. The Morgan fingerprint density at radius 2 is 1.81 bits per heavy atom. The van der Waals surface area contributed by atoms with Crippen molar-refractivity contribution in [2.24, 2.45) is 0 Å². The van der Waals surface area contributed by atoms with Crippen molar-refractivity contribution < 1.29 is 14.7 Å². The molecule has 0 aliphatic heterocycles. The van der Waals surface area contributed by atoms with Crippen molar-refractivity contribution in [3.8, 4) is 0 Å². The van der Waals surface area contributed by atoms with Gasteiger partial charge in [0.1, 0.15) is 0 Å². The molecule has 0 atom stereocenters. The fraction of sp³-hybridized carbons (Fsp3) is 0.0667. The molecule has 108 valence electrons. The predicted molar refractivity (Wildman–Crippen MR) is 84.8 cm³/mol. The van der Waals surface area contributed by atoms with E-state index in [1.807, 2.05) is 0 Å². The topological polar surface area (TPSA) is 80.4 Å². The first-order chi connectivity index (χ1) is 9.88. The molecule has 0 bridgehead atoms. The Labute approximate surface area is 134 Å². The molecular formula is C15H11BrClNO3. The molecule has 2 rings (SSSR count). The van der Waals surface area contributed by atoms with Crippen molar-refractivity contribution in [3.05, 3.63) is 62.6 Å². The number of nitrogens with two attached hydrogens (primary N) is 1. The molecule has 0 heterocycles. The van der Waals surface area contributed by atoms with Crippen LogP contribution in [-0.4, -0.2) is 16.9 Å². The van der Waals surface area contributed by atoms with E-state index in [1.54, 1.807) is 24.3 Å². The molecule has 6 heteroatoms. The van der Waals surface area contributed by atoms with Gasteiger partial charge in [0.2, 0.25) is 0 Å². The van der Waals surface area contributed by atoms with Crippen molar-refractivity contribution in [1.29, 1.82) is 0 Å². The fourth-order valence-electron chi connectivity index (χ4n) is 1.93. The fourth-order valence-corrected chi connectivity index (χ4v) is 2.43. The van der Waals surface area contributed by atoms with E-state index < -0.39 is 5.97 Å². The Morgan fingerprint density at radius 3 is 2.38 bits per heavy atom. The molecule has 0 aliphatic rings. The van der Waals surface area contributed by atoms with E-state index in [0.29, 0.717) is 11.1 Å². The molecule has 0 spiro atoms. The molecule has 0 saturated heterocycles. The summed E-state index contributed by atoms with van der Waals surface area (Å²) in [6.45, 7) is 0. The lowest BCUT2D eigenvalue weighted by atomic mass is 9.98. The minimum Gasteiger partial charge on any atom is -0.481 e. The third-order valence-electron chi connectivity index (χ3n) is 2.92. The van der Waals surface area contributed by atoms with Gasteiger partial charge in [-0.1, -0.05) is 27.5 Å². The van der Waals surface area contributed by atoms with Crippen molar-refractivity contribution in [2.45, 2.75) is 6.42 Å². The smallest absolute Gasteiger partial charge is 0.307 e. The van der Waals surface area contributed by atoms with E-state index in [0.717, 1.165) is 4.47 Å². The van der Waals surface area contributed by atoms with Gasteiger partial charge in [-0.15, -0.1) is 0 Å². The number of hydrogen-bond acceptors (Lipinski definition) is 3. The van der Waals surface area contributed by atoms with Gasteiger partial charge in [-0.3, -0.25) is 9.59 Å². The summed E-state index contributed by atoms with van der Waals surface area (Å²) in [6.07, 6.45) is -0.285. The Balaban J connectivity index is 2.47. The first kappa shape index (κ1) is 15.5. The second-order valence-corrected chi connectivity index (χ2v) is 5.78. The van der Waals surface area contributed by atoms with Crippen LogP contribution in [0.25, 0.3) is 0 Å². The number of anilines is 1. The second-order valence-electron chi connectivity index (χ2n) is 4.43.